The molecule has 78 valence electrons. The van der Waals surface area contributed by atoms with E-state index in [1.807, 2.05) is 13.8 Å². The van der Waals surface area contributed by atoms with Gasteiger partial charge in [0, 0.05) is 12.1 Å². The third-order valence-electron chi connectivity index (χ3n) is 1.94. The first-order valence-corrected chi connectivity index (χ1v) is 7.91. The van der Waals surface area contributed by atoms with E-state index in [2.05, 4.69) is 11.7 Å². The molecule has 0 amide bonds. The van der Waals surface area contributed by atoms with Crippen molar-refractivity contribution in [3.05, 3.63) is 0 Å². The summed E-state index contributed by atoms with van der Waals surface area (Å²) in [7, 11) is -2.02. The highest BCUT2D eigenvalue weighted by Gasteiger charge is 2.38. The number of thiol groups is 1. The summed E-state index contributed by atoms with van der Waals surface area (Å²) in [6.45, 7) is 3.83. The van der Waals surface area contributed by atoms with Crippen molar-refractivity contribution in [1.82, 2.24) is 4.31 Å². The number of rotatable bonds is 5. The molecule has 1 fully saturated rings. The van der Waals surface area contributed by atoms with Crippen LogP contribution in [0, 0.1) is 0 Å². The Morgan fingerprint density at radius 1 is 1.54 bits per heavy atom. The summed E-state index contributed by atoms with van der Waals surface area (Å²) in [6, 6.07) is 0.323. The van der Waals surface area contributed by atoms with Crippen LogP contribution in [0.4, 0.5) is 0 Å². The van der Waals surface area contributed by atoms with Gasteiger partial charge in [-0.05, 0) is 26.7 Å². The van der Waals surface area contributed by atoms with Crippen molar-refractivity contribution < 1.29 is 8.42 Å². The fraction of sp³-hybridized carbons (Fsp3) is 1.00. The molecule has 13 heavy (non-hydrogen) atoms. The Hall–Kier alpha value is 0.610. The van der Waals surface area contributed by atoms with E-state index < -0.39 is 10.0 Å². The van der Waals surface area contributed by atoms with Crippen LogP contribution in [-0.2, 0) is 10.0 Å². The average Bonchev–Trinajstić information content (AvgIpc) is 2.69. The summed E-state index contributed by atoms with van der Waals surface area (Å²) < 4.78 is 25.0. The van der Waals surface area contributed by atoms with Crippen LogP contribution in [-0.4, -0.2) is 29.9 Å². The highest BCUT2D eigenvalue weighted by Crippen LogP contribution is 2.32. The minimum Gasteiger partial charge on any atom is -0.211 e. The second-order valence-corrected chi connectivity index (χ2v) is 7.07. The van der Waals surface area contributed by atoms with Crippen LogP contribution in [0.2, 0.25) is 0 Å². The van der Waals surface area contributed by atoms with Gasteiger partial charge in [0.1, 0.15) is 5.08 Å². The standard InChI is InChI=1S/C7H15NO2S3/c1-6(2)8(7-3-4-7)13(9,10)5-12-11/h6-7,11H,3-5H2,1-2H3. The maximum absolute atomic E-state index is 11.7. The fourth-order valence-corrected chi connectivity index (χ4v) is 4.95. The van der Waals surface area contributed by atoms with Gasteiger partial charge in [0.05, 0.1) is 0 Å². The Bertz CT molecular complexity index is 257. The third kappa shape index (κ3) is 3.04. The average molecular weight is 241 g/mol. The molecule has 1 saturated carbocycles. The van der Waals surface area contributed by atoms with Gasteiger partial charge in [0.2, 0.25) is 10.0 Å². The normalized spacial score (nSPS) is 18.5. The van der Waals surface area contributed by atoms with Crippen LogP contribution >= 0.6 is 22.5 Å². The molecule has 0 bridgehead atoms. The fourth-order valence-electron chi connectivity index (χ4n) is 1.43. The molecule has 1 rings (SSSR count). The Morgan fingerprint density at radius 2 is 2.08 bits per heavy atom. The maximum Gasteiger partial charge on any atom is 0.224 e. The van der Waals surface area contributed by atoms with E-state index in [9.17, 15) is 8.42 Å². The van der Waals surface area contributed by atoms with Gasteiger partial charge in [0.25, 0.3) is 0 Å². The van der Waals surface area contributed by atoms with Crippen molar-refractivity contribution in [2.75, 3.05) is 5.08 Å². The molecule has 0 spiro atoms. The minimum absolute atomic E-state index is 0.0676. The second kappa shape index (κ2) is 4.42. The van der Waals surface area contributed by atoms with Crippen molar-refractivity contribution in [2.24, 2.45) is 0 Å². The van der Waals surface area contributed by atoms with Crippen LogP contribution in [0.15, 0.2) is 0 Å². The summed E-state index contributed by atoms with van der Waals surface area (Å²) >= 11 is 3.88. The Kier molecular flexibility index (Phi) is 3.97. The molecule has 0 N–H and O–H groups in total. The van der Waals surface area contributed by atoms with Crippen LogP contribution in [0.25, 0.3) is 0 Å². The zero-order chi connectivity index (χ0) is 10.1. The molecule has 0 aromatic rings. The second-order valence-electron chi connectivity index (χ2n) is 3.51. The Balaban J connectivity index is 2.74. The van der Waals surface area contributed by atoms with E-state index in [-0.39, 0.29) is 17.2 Å². The summed E-state index contributed by atoms with van der Waals surface area (Å²) in [5.41, 5.74) is 0. The van der Waals surface area contributed by atoms with Gasteiger partial charge in [0.15, 0.2) is 0 Å². The molecule has 1 aliphatic carbocycles. The lowest BCUT2D eigenvalue weighted by atomic mass is 10.4. The molecule has 0 unspecified atom stereocenters. The van der Waals surface area contributed by atoms with Gasteiger partial charge >= 0.3 is 0 Å². The molecule has 0 atom stereocenters. The smallest absolute Gasteiger partial charge is 0.211 e. The molecule has 0 radical (unpaired) electrons. The van der Waals surface area contributed by atoms with E-state index in [4.69, 9.17) is 0 Å². The topological polar surface area (TPSA) is 37.4 Å². The van der Waals surface area contributed by atoms with Crippen molar-refractivity contribution >= 4 is 32.5 Å². The van der Waals surface area contributed by atoms with Gasteiger partial charge in [-0.15, -0.1) is 11.7 Å². The predicted molar refractivity (Wildman–Crippen MR) is 60.4 cm³/mol. The molecular weight excluding hydrogens is 226 g/mol. The highest BCUT2D eigenvalue weighted by molar-refractivity contribution is 8.70. The lowest BCUT2D eigenvalue weighted by Crippen LogP contribution is -2.39. The van der Waals surface area contributed by atoms with Gasteiger partial charge in [-0.2, -0.15) is 4.31 Å². The molecule has 0 aromatic carbocycles. The Labute approximate surface area is 89.1 Å². The van der Waals surface area contributed by atoms with E-state index in [1.165, 1.54) is 0 Å². The van der Waals surface area contributed by atoms with Crippen molar-refractivity contribution in [2.45, 2.75) is 38.8 Å². The maximum atomic E-state index is 11.7. The van der Waals surface area contributed by atoms with Crippen molar-refractivity contribution in [3.8, 4) is 0 Å². The number of hydrogen-bond donors (Lipinski definition) is 1. The van der Waals surface area contributed by atoms with Crippen LogP contribution in [0.3, 0.4) is 0 Å². The molecule has 0 aromatic heterocycles. The quantitative estimate of drug-likeness (QED) is 0.588. The van der Waals surface area contributed by atoms with E-state index in [0.29, 0.717) is 0 Å². The molecule has 0 heterocycles. The van der Waals surface area contributed by atoms with Crippen LogP contribution < -0.4 is 0 Å². The van der Waals surface area contributed by atoms with E-state index in [0.717, 1.165) is 23.6 Å². The van der Waals surface area contributed by atoms with Crippen molar-refractivity contribution in [3.63, 3.8) is 0 Å². The lowest BCUT2D eigenvalue weighted by Gasteiger charge is -2.24. The van der Waals surface area contributed by atoms with Crippen molar-refractivity contribution in [1.29, 1.82) is 0 Å². The molecule has 0 saturated heterocycles. The zero-order valence-corrected chi connectivity index (χ0v) is 10.3. The van der Waals surface area contributed by atoms with Gasteiger partial charge in [-0.25, -0.2) is 8.42 Å². The number of hydrogen-bond acceptors (Lipinski definition) is 4. The summed E-state index contributed by atoms with van der Waals surface area (Å²) in [5, 5.41) is 0.0742. The Morgan fingerprint density at radius 3 is 2.38 bits per heavy atom. The number of sulfonamides is 1. The summed E-state index contributed by atoms with van der Waals surface area (Å²) in [5.74, 6) is 0. The van der Waals surface area contributed by atoms with Crippen LogP contribution in [0.5, 0.6) is 0 Å². The molecule has 0 aliphatic heterocycles. The van der Waals surface area contributed by atoms with Gasteiger partial charge < -0.3 is 0 Å². The summed E-state index contributed by atoms with van der Waals surface area (Å²) in [4.78, 5) is 0. The van der Waals surface area contributed by atoms with Crippen LogP contribution in [0.1, 0.15) is 26.7 Å². The molecule has 6 heteroatoms. The van der Waals surface area contributed by atoms with Gasteiger partial charge in [-0.1, -0.05) is 10.8 Å². The predicted octanol–water partition coefficient (Wildman–Crippen LogP) is 1.72. The zero-order valence-electron chi connectivity index (χ0n) is 7.80. The van der Waals surface area contributed by atoms with Gasteiger partial charge in [-0.3, -0.25) is 0 Å². The first-order chi connectivity index (χ1) is 5.99. The molecular formula is C7H15NO2S3. The minimum atomic E-state index is -3.09. The van der Waals surface area contributed by atoms with E-state index in [1.54, 1.807) is 4.31 Å². The third-order valence-corrected chi connectivity index (χ3v) is 5.86. The monoisotopic (exact) mass is 241 g/mol. The first kappa shape index (κ1) is 11.7. The first-order valence-electron chi connectivity index (χ1n) is 4.26. The summed E-state index contributed by atoms with van der Waals surface area (Å²) in [6.07, 6.45) is 2.02. The number of nitrogens with zero attached hydrogens (tertiary/aromatic N) is 1. The molecule has 3 nitrogen and oxygen atoms in total. The SMILES string of the molecule is CC(C)N(C1CC1)S(=O)(=O)CSS. The van der Waals surface area contributed by atoms with E-state index >= 15 is 0 Å². The highest BCUT2D eigenvalue weighted by atomic mass is 33.1. The lowest BCUT2D eigenvalue weighted by molar-refractivity contribution is 0.348. The molecule has 1 aliphatic rings. The largest absolute Gasteiger partial charge is 0.224 e.